The number of carbonyl (C=O) groups is 1. The quantitative estimate of drug-likeness (QED) is 0.642. The van der Waals surface area contributed by atoms with Gasteiger partial charge in [-0.3, -0.25) is 14.9 Å². The van der Waals surface area contributed by atoms with E-state index < -0.39 is 16.8 Å². The number of nitrogens with zero attached hydrogens (tertiary/aromatic N) is 2. The van der Waals surface area contributed by atoms with Crippen LogP contribution in [-0.4, -0.2) is 29.1 Å². The van der Waals surface area contributed by atoms with Crippen molar-refractivity contribution in [2.75, 3.05) is 18.0 Å². The van der Waals surface area contributed by atoms with Crippen LogP contribution in [0.2, 0.25) is 5.02 Å². The summed E-state index contributed by atoms with van der Waals surface area (Å²) in [5, 5.41) is 20.2. The Kier molecular flexibility index (Phi) is 5.11. The molecule has 1 N–H and O–H groups in total. The molecule has 1 rings (SSSR count). The maximum atomic E-state index is 11.0. The topological polar surface area (TPSA) is 83.7 Å². The molecule has 0 saturated heterocycles. The van der Waals surface area contributed by atoms with Crippen molar-refractivity contribution in [3.63, 3.8) is 0 Å². The molecule has 0 radical (unpaired) electrons. The number of hydrogen-bond donors (Lipinski definition) is 1. The third kappa shape index (κ3) is 3.82. The largest absolute Gasteiger partial charge is 0.481 e. The Balaban J connectivity index is 3.11. The minimum Gasteiger partial charge on any atom is -0.481 e. The summed E-state index contributed by atoms with van der Waals surface area (Å²) in [7, 11) is 0. The SMILES string of the molecule is CCN(CC(C)C(=O)O)c1ccc(Cl)cc1[N+](=O)[O-]. The molecule has 0 bridgehead atoms. The van der Waals surface area contributed by atoms with Gasteiger partial charge in [-0.2, -0.15) is 0 Å². The molecular formula is C12H15ClN2O4. The van der Waals surface area contributed by atoms with E-state index in [0.717, 1.165) is 0 Å². The van der Waals surface area contributed by atoms with Crippen molar-refractivity contribution < 1.29 is 14.8 Å². The normalized spacial score (nSPS) is 11.9. The summed E-state index contributed by atoms with van der Waals surface area (Å²) in [6.45, 7) is 4.05. The maximum absolute atomic E-state index is 11.0. The Bertz CT molecular complexity index is 493. The van der Waals surface area contributed by atoms with Gasteiger partial charge in [-0.15, -0.1) is 0 Å². The first-order valence-corrected chi connectivity index (χ1v) is 6.16. The number of hydrogen-bond acceptors (Lipinski definition) is 4. The monoisotopic (exact) mass is 286 g/mol. The third-order valence-electron chi connectivity index (χ3n) is 2.77. The summed E-state index contributed by atoms with van der Waals surface area (Å²) in [6, 6.07) is 4.36. The summed E-state index contributed by atoms with van der Waals surface area (Å²) < 4.78 is 0. The van der Waals surface area contributed by atoms with Gasteiger partial charge in [0.1, 0.15) is 5.69 Å². The lowest BCUT2D eigenvalue weighted by atomic mass is 10.1. The fourth-order valence-corrected chi connectivity index (χ4v) is 1.88. The van der Waals surface area contributed by atoms with Crippen LogP contribution in [0.1, 0.15) is 13.8 Å². The van der Waals surface area contributed by atoms with Crippen molar-refractivity contribution in [3.05, 3.63) is 33.3 Å². The van der Waals surface area contributed by atoms with Crippen molar-refractivity contribution >= 4 is 28.9 Å². The number of nitro benzene ring substituents is 1. The van der Waals surface area contributed by atoms with Crippen LogP contribution in [-0.2, 0) is 4.79 Å². The standard InChI is InChI=1S/C12H15ClN2O4/c1-3-14(7-8(2)12(16)17)10-5-4-9(13)6-11(10)15(18)19/h4-6,8H,3,7H2,1-2H3,(H,16,17). The molecular weight excluding hydrogens is 272 g/mol. The highest BCUT2D eigenvalue weighted by molar-refractivity contribution is 6.30. The lowest BCUT2D eigenvalue weighted by molar-refractivity contribution is -0.384. The predicted octanol–water partition coefficient (Wildman–Crippen LogP) is 2.80. The average molecular weight is 287 g/mol. The molecule has 0 heterocycles. The van der Waals surface area contributed by atoms with Crippen LogP contribution in [0.4, 0.5) is 11.4 Å². The zero-order valence-corrected chi connectivity index (χ0v) is 11.4. The van der Waals surface area contributed by atoms with Crippen LogP contribution >= 0.6 is 11.6 Å². The Morgan fingerprint density at radius 1 is 1.58 bits per heavy atom. The molecule has 0 spiro atoms. The van der Waals surface area contributed by atoms with Gasteiger partial charge < -0.3 is 10.0 Å². The molecule has 0 amide bonds. The van der Waals surface area contributed by atoms with Crippen LogP contribution in [0.5, 0.6) is 0 Å². The van der Waals surface area contributed by atoms with Gasteiger partial charge in [0, 0.05) is 24.2 Å². The Labute approximate surface area is 115 Å². The van der Waals surface area contributed by atoms with Gasteiger partial charge in [0.2, 0.25) is 0 Å². The Morgan fingerprint density at radius 2 is 2.21 bits per heavy atom. The molecule has 0 aromatic heterocycles. The van der Waals surface area contributed by atoms with E-state index in [0.29, 0.717) is 12.2 Å². The van der Waals surface area contributed by atoms with E-state index in [1.54, 1.807) is 24.0 Å². The highest BCUT2D eigenvalue weighted by atomic mass is 35.5. The van der Waals surface area contributed by atoms with E-state index >= 15 is 0 Å². The minimum absolute atomic E-state index is 0.119. The lowest BCUT2D eigenvalue weighted by Gasteiger charge is -2.24. The highest BCUT2D eigenvalue weighted by Crippen LogP contribution is 2.31. The van der Waals surface area contributed by atoms with Crippen molar-refractivity contribution in [1.82, 2.24) is 0 Å². The van der Waals surface area contributed by atoms with Gasteiger partial charge >= 0.3 is 5.97 Å². The molecule has 0 aliphatic rings. The number of benzene rings is 1. The smallest absolute Gasteiger partial charge is 0.308 e. The first-order chi connectivity index (χ1) is 8.86. The minimum atomic E-state index is -0.935. The molecule has 0 aliphatic carbocycles. The molecule has 1 aromatic carbocycles. The summed E-state index contributed by atoms with van der Waals surface area (Å²) in [6.07, 6.45) is 0. The van der Waals surface area contributed by atoms with Crippen LogP contribution in [0.15, 0.2) is 18.2 Å². The predicted molar refractivity (Wildman–Crippen MR) is 72.8 cm³/mol. The van der Waals surface area contributed by atoms with Gasteiger partial charge in [-0.1, -0.05) is 18.5 Å². The van der Waals surface area contributed by atoms with Crippen LogP contribution in [0.25, 0.3) is 0 Å². The summed E-state index contributed by atoms with van der Waals surface area (Å²) >= 11 is 5.75. The van der Waals surface area contributed by atoms with Gasteiger partial charge in [-0.05, 0) is 19.1 Å². The van der Waals surface area contributed by atoms with Crippen LogP contribution in [0, 0.1) is 16.0 Å². The molecule has 0 saturated carbocycles. The summed E-state index contributed by atoms with van der Waals surface area (Å²) in [4.78, 5) is 23.0. The maximum Gasteiger partial charge on any atom is 0.308 e. The molecule has 0 aliphatic heterocycles. The molecule has 7 heteroatoms. The van der Waals surface area contributed by atoms with Crippen molar-refractivity contribution in [3.8, 4) is 0 Å². The lowest BCUT2D eigenvalue weighted by Crippen LogP contribution is -2.32. The molecule has 1 atom stereocenters. The summed E-state index contributed by atoms with van der Waals surface area (Å²) in [5.74, 6) is -1.55. The number of nitro groups is 1. The van der Waals surface area contributed by atoms with E-state index in [1.807, 2.05) is 6.92 Å². The molecule has 1 unspecified atom stereocenters. The van der Waals surface area contributed by atoms with E-state index in [9.17, 15) is 14.9 Å². The zero-order valence-electron chi connectivity index (χ0n) is 10.7. The van der Waals surface area contributed by atoms with Crippen LogP contribution in [0.3, 0.4) is 0 Å². The van der Waals surface area contributed by atoms with Crippen molar-refractivity contribution in [1.29, 1.82) is 0 Å². The Hall–Kier alpha value is -1.82. The number of carboxylic acid groups (broad SMARTS) is 1. The number of rotatable bonds is 6. The van der Waals surface area contributed by atoms with Gasteiger partial charge in [0.15, 0.2) is 0 Å². The second-order valence-corrected chi connectivity index (χ2v) is 4.60. The number of carboxylic acids is 1. The number of anilines is 1. The average Bonchev–Trinajstić information content (AvgIpc) is 2.35. The van der Waals surface area contributed by atoms with Crippen LogP contribution < -0.4 is 4.90 Å². The zero-order chi connectivity index (χ0) is 14.6. The first kappa shape index (κ1) is 15.2. The first-order valence-electron chi connectivity index (χ1n) is 5.78. The fraction of sp³-hybridized carbons (Fsp3) is 0.417. The Morgan fingerprint density at radius 3 is 2.68 bits per heavy atom. The van der Waals surface area contributed by atoms with Crippen molar-refractivity contribution in [2.24, 2.45) is 5.92 Å². The van der Waals surface area contributed by atoms with Crippen molar-refractivity contribution in [2.45, 2.75) is 13.8 Å². The number of aliphatic carboxylic acids is 1. The summed E-state index contributed by atoms with van der Waals surface area (Å²) in [5.41, 5.74) is 0.261. The molecule has 0 fully saturated rings. The highest BCUT2D eigenvalue weighted by Gasteiger charge is 2.22. The fourth-order valence-electron chi connectivity index (χ4n) is 1.72. The second kappa shape index (κ2) is 6.38. The van der Waals surface area contributed by atoms with E-state index in [-0.39, 0.29) is 17.3 Å². The van der Waals surface area contributed by atoms with E-state index in [2.05, 4.69) is 0 Å². The molecule has 19 heavy (non-hydrogen) atoms. The molecule has 1 aromatic rings. The molecule has 104 valence electrons. The second-order valence-electron chi connectivity index (χ2n) is 4.17. The van der Waals surface area contributed by atoms with Gasteiger partial charge in [0.25, 0.3) is 5.69 Å². The van der Waals surface area contributed by atoms with E-state index in [4.69, 9.17) is 16.7 Å². The molecule has 6 nitrogen and oxygen atoms in total. The third-order valence-corrected chi connectivity index (χ3v) is 3.01. The van der Waals surface area contributed by atoms with E-state index in [1.165, 1.54) is 6.07 Å². The number of halogens is 1. The van der Waals surface area contributed by atoms with Gasteiger partial charge in [-0.25, -0.2) is 0 Å². The van der Waals surface area contributed by atoms with Gasteiger partial charge in [0.05, 0.1) is 10.8 Å².